The number of esters is 1. The lowest BCUT2D eigenvalue weighted by molar-refractivity contribution is 0.0598. The Morgan fingerprint density at radius 1 is 0.935 bits per heavy atom. The molecule has 0 radical (unpaired) electrons. The molecule has 162 valence electrons. The summed E-state index contributed by atoms with van der Waals surface area (Å²) in [6.07, 6.45) is 2.08. The fourth-order valence-corrected chi connectivity index (χ4v) is 8.91. The minimum atomic E-state index is -2.66. The summed E-state index contributed by atoms with van der Waals surface area (Å²) in [5.41, 5.74) is 1.18. The summed E-state index contributed by atoms with van der Waals surface area (Å²) in [6.45, 7) is 8.83. The Labute approximate surface area is 186 Å². The number of ether oxygens (including phenoxy) is 1. The number of hydrogen-bond donors (Lipinski definition) is 0. The zero-order valence-corrected chi connectivity index (χ0v) is 20.0. The maximum atomic E-state index is 12.2. The fourth-order valence-electron chi connectivity index (χ4n) is 4.20. The molecule has 0 aliphatic heterocycles. The third-order valence-electron chi connectivity index (χ3n) is 5.57. The van der Waals surface area contributed by atoms with Gasteiger partial charge < -0.3 is 9.16 Å². The number of methoxy groups -OCH3 is 1. The molecule has 1 aromatic heterocycles. The number of hydrogen-bond acceptors (Lipinski definition) is 4. The second kappa shape index (κ2) is 9.58. The summed E-state index contributed by atoms with van der Waals surface area (Å²) in [5.74, 6) is -0.374. The summed E-state index contributed by atoms with van der Waals surface area (Å²) in [4.78, 5) is 16.7. The van der Waals surface area contributed by atoms with Crippen molar-refractivity contribution in [1.82, 2.24) is 4.98 Å². The van der Waals surface area contributed by atoms with Crippen LogP contribution in [0.2, 0.25) is 5.04 Å². The highest BCUT2D eigenvalue weighted by molar-refractivity contribution is 6.99. The van der Waals surface area contributed by atoms with E-state index in [0.29, 0.717) is 17.7 Å². The van der Waals surface area contributed by atoms with Gasteiger partial charge in [0.1, 0.15) is 0 Å². The van der Waals surface area contributed by atoms with Crippen molar-refractivity contribution in [2.75, 3.05) is 7.11 Å². The Kier molecular flexibility index (Phi) is 7.08. The van der Waals surface area contributed by atoms with Crippen LogP contribution in [0.25, 0.3) is 0 Å². The number of rotatable bonds is 7. The molecule has 0 amide bonds. The second-order valence-corrected chi connectivity index (χ2v) is 13.0. The quantitative estimate of drug-likeness (QED) is 0.410. The van der Waals surface area contributed by atoms with E-state index in [0.717, 1.165) is 0 Å². The summed E-state index contributed by atoms with van der Waals surface area (Å²) >= 11 is 0. The maximum absolute atomic E-state index is 12.2. The van der Waals surface area contributed by atoms with Crippen molar-refractivity contribution >= 4 is 24.7 Å². The molecule has 0 aliphatic carbocycles. The van der Waals surface area contributed by atoms with Crippen molar-refractivity contribution in [3.05, 3.63) is 90.3 Å². The predicted octanol–water partition coefficient (Wildman–Crippen LogP) is 4.38. The number of carbonyl (C=O) groups is 1. The largest absolute Gasteiger partial charge is 0.465 e. The molecule has 5 heteroatoms. The number of carbonyl (C=O) groups excluding carboxylic acids is 1. The van der Waals surface area contributed by atoms with Gasteiger partial charge in [0, 0.05) is 18.7 Å². The van der Waals surface area contributed by atoms with E-state index in [1.165, 1.54) is 17.5 Å². The van der Waals surface area contributed by atoms with Crippen molar-refractivity contribution < 1.29 is 14.0 Å². The molecule has 3 rings (SSSR count). The molecule has 1 heterocycles. The lowest BCUT2D eigenvalue weighted by Crippen LogP contribution is -2.67. The van der Waals surface area contributed by atoms with E-state index in [4.69, 9.17) is 9.16 Å². The van der Waals surface area contributed by atoms with E-state index in [9.17, 15) is 4.79 Å². The number of aromatic nitrogens is 1. The van der Waals surface area contributed by atoms with Crippen molar-refractivity contribution in [3.8, 4) is 0 Å². The first-order valence-electron chi connectivity index (χ1n) is 10.6. The van der Waals surface area contributed by atoms with Crippen LogP contribution < -0.4 is 10.4 Å². The van der Waals surface area contributed by atoms with Crippen LogP contribution in [-0.2, 0) is 15.6 Å². The third kappa shape index (κ3) is 4.78. The molecule has 2 aromatic carbocycles. The molecular formula is C26H31NO3Si. The SMILES string of the molecule is COC(=O)c1cccnc1CC(C)O[Si](c1ccccc1)(c1ccccc1)C(C)(C)C. The lowest BCUT2D eigenvalue weighted by Gasteiger charge is -2.44. The van der Waals surface area contributed by atoms with Gasteiger partial charge in [-0.3, -0.25) is 4.98 Å². The molecule has 0 saturated carbocycles. The Morgan fingerprint density at radius 3 is 1.97 bits per heavy atom. The molecule has 0 spiro atoms. The fraction of sp³-hybridized carbons (Fsp3) is 0.308. The second-order valence-electron chi connectivity index (χ2n) is 8.79. The highest BCUT2D eigenvalue weighted by Crippen LogP contribution is 2.37. The van der Waals surface area contributed by atoms with E-state index in [2.05, 4.69) is 81.2 Å². The Bertz CT molecular complexity index is 960. The highest BCUT2D eigenvalue weighted by Gasteiger charge is 2.51. The average molecular weight is 434 g/mol. The van der Waals surface area contributed by atoms with Crippen LogP contribution in [-0.4, -0.2) is 32.5 Å². The molecule has 0 aliphatic rings. The Hall–Kier alpha value is -2.76. The van der Waals surface area contributed by atoms with Crippen LogP contribution in [0.1, 0.15) is 43.7 Å². The van der Waals surface area contributed by atoms with E-state index in [-0.39, 0.29) is 17.1 Å². The van der Waals surface area contributed by atoms with Gasteiger partial charge in [-0.15, -0.1) is 0 Å². The van der Waals surface area contributed by atoms with Gasteiger partial charge in [0.15, 0.2) is 0 Å². The average Bonchev–Trinajstić information content (AvgIpc) is 2.77. The molecule has 31 heavy (non-hydrogen) atoms. The topological polar surface area (TPSA) is 48.4 Å². The number of benzene rings is 2. The minimum absolute atomic E-state index is 0.112. The van der Waals surface area contributed by atoms with Crippen molar-refractivity contribution in [2.24, 2.45) is 0 Å². The van der Waals surface area contributed by atoms with Crippen molar-refractivity contribution in [2.45, 2.75) is 45.3 Å². The summed E-state index contributed by atoms with van der Waals surface area (Å²) in [6, 6.07) is 24.6. The first kappa shape index (κ1) is 22.9. The molecule has 0 fully saturated rings. The molecule has 3 aromatic rings. The van der Waals surface area contributed by atoms with Crippen molar-refractivity contribution in [3.63, 3.8) is 0 Å². The lowest BCUT2D eigenvalue weighted by atomic mass is 10.1. The van der Waals surface area contributed by atoms with E-state index < -0.39 is 8.32 Å². The van der Waals surface area contributed by atoms with Gasteiger partial charge in [-0.25, -0.2) is 4.79 Å². The van der Waals surface area contributed by atoms with Crippen LogP contribution in [0.4, 0.5) is 0 Å². The van der Waals surface area contributed by atoms with Gasteiger partial charge in [-0.1, -0.05) is 81.4 Å². The molecule has 1 atom stereocenters. The van der Waals surface area contributed by atoms with E-state index >= 15 is 0 Å². The molecule has 0 saturated heterocycles. The van der Waals surface area contributed by atoms with Gasteiger partial charge in [-0.05, 0) is 34.5 Å². The first-order chi connectivity index (χ1) is 14.8. The molecule has 1 unspecified atom stereocenters. The third-order valence-corrected chi connectivity index (χ3v) is 10.7. The van der Waals surface area contributed by atoms with E-state index in [1.54, 1.807) is 18.3 Å². The number of pyridine rings is 1. The standard InChI is InChI=1S/C26H31NO3Si/c1-20(19-24-23(25(28)29-5)17-12-18-27-24)30-31(26(2,3)4,21-13-8-6-9-14-21)22-15-10-7-11-16-22/h6-18,20H,19H2,1-5H3. The van der Waals surface area contributed by atoms with Gasteiger partial charge in [0.2, 0.25) is 0 Å². The smallest absolute Gasteiger partial charge is 0.339 e. The monoisotopic (exact) mass is 433 g/mol. The van der Waals surface area contributed by atoms with Crippen LogP contribution in [0.5, 0.6) is 0 Å². The maximum Gasteiger partial charge on any atom is 0.339 e. The Balaban J connectivity index is 2.05. The van der Waals surface area contributed by atoms with Crippen LogP contribution in [0, 0.1) is 0 Å². The molecule has 4 nitrogen and oxygen atoms in total. The van der Waals surface area contributed by atoms with Crippen LogP contribution >= 0.6 is 0 Å². The van der Waals surface area contributed by atoms with E-state index in [1.807, 2.05) is 12.1 Å². The van der Waals surface area contributed by atoms with Gasteiger partial charge in [-0.2, -0.15) is 0 Å². The zero-order chi connectivity index (χ0) is 22.5. The predicted molar refractivity (Wildman–Crippen MR) is 127 cm³/mol. The minimum Gasteiger partial charge on any atom is -0.465 e. The van der Waals surface area contributed by atoms with Crippen molar-refractivity contribution in [1.29, 1.82) is 0 Å². The molecule has 0 N–H and O–H groups in total. The van der Waals surface area contributed by atoms with Gasteiger partial charge >= 0.3 is 5.97 Å². The zero-order valence-electron chi connectivity index (χ0n) is 19.0. The first-order valence-corrected chi connectivity index (χ1v) is 12.5. The molecule has 0 bridgehead atoms. The summed E-state index contributed by atoms with van der Waals surface area (Å²) < 4.78 is 12.0. The highest BCUT2D eigenvalue weighted by atomic mass is 28.4. The van der Waals surface area contributed by atoms with Crippen LogP contribution in [0.15, 0.2) is 79.0 Å². The Morgan fingerprint density at radius 2 is 1.48 bits per heavy atom. The summed E-state index contributed by atoms with van der Waals surface area (Å²) in [5, 5.41) is 2.35. The van der Waals surface area contributed by atoms with Crippen LogP contribution in [0.3, 0.4) is 0 Å². The van der Waals surface area contributed by atoms with Gasteiger partial charge in [0.25, 0.3) is 8.32 Å². The van der Waals surface area contributed by atoms with Gasteiger partial charge in [0.05, 0.1) is 18.4 Å². The number of nitrogens with zero attached hydrogens (tertiary/aromatic N) is 1. The molecular weight excluding hydrogens is 402 g/mol. The normalized spacial score (nSPS) is 12.9. The summed E-state index contributed by atoms with van der Waals surface area (Å²) in [7, 11) is -1.27.